The first-order valence-corrected chi connectivity index (χ1v) is 11.1. The van der Waals surface area contributed by atoms with Gasteiger partial charge < -0.3 is 4.74 Å². The van der Waals surface area contributed by atoms with Crippen LogP contribution in [-0.4, -0.2) is 23.8 Å². The maximum Gasteiger partial charge on any atom is 0.278 e. The molecule has 0 unspecified atom stereocenters. The van der Waals surface area contributed by atoms with Crippen LogP contribution in [0.25, 0.3) is 21.9 Å². The molecule has 1 aliphatic rings. The summed E-state index contributed by atoms with van der Waals surface area (Å²) in [7, 11) is 1.45. The molecule has 0 saturated heterocycles. The third kappa shape index (κ3) is 3.18. The number of amides is 2. The van der Waals surface area contributed by atoms with Crippen LogP contribution in [0, 0.1) is 17.0 Å². The van der Waals surface area contributed by atoms with Gasteiger partial charge in [-0.05, 0) is 53.8 Å². The molecule has 7 nitrogen and oxygen atoms in total. The number of hydrogen-bond acceptors (Lipinski definition) is 5. The zero-order valence-electron chi connectivity index (χ0n) is 18.2. The van der Waals surface area contributed by atoms with Crippen molar-refractivity contribution >= 4 is 49.9 Å². The zero-order valence-corrected chi connectivity index (χ0v) is 19.8. The van der Waals surface area contributed by atoms with Gasteiger partial charge in [-0.1, -0.05) is 46.3 Å². The van der Waals surface area contributed by atoms with E-state index in [2.05, 4.69) is 15.9 Å². The summed E-state index contributed by atoms with van der Waals surface area (Å²) < 4.78 is 6.20. The fraction of sp³-hybridized carbons (Fsp3) is 0.0769. The lowest BCUT2D eigenvalue weighted by molar-refractivity contribution is -0.384. The first kappa shape index (κ1) is 21.8. The molecule has 0 bridgehead atoms. The molecular weight excluding hydrogens is 500 g/mol. The second kappa shape index (κ2) is 8.07. The smallest absolute Gasteiger partial charge is 0.278 e. The monoisotopic (exact) mass is 516 g/mol. The number of anilines is 1. The van der Waals surface area contributed by atoms with Crippen molar-refractivity contribution in [3.8, 4) is 16.9 Å². The summed E-state index contributed by atoms with van der Waals surface area (Å²) in [5, 5.41) is 13.1. The number of para-hydroxylation sites is 2. The van der Waals surface area contributed by atoms with Crippen molar-refractivity contribution < 1.29 is 19.2 Å². The molecule has 0 N–H and O–H groups in total. The van der Waals surface area contributed by atoms with Gasteiger partial charge in [0.05, 0.1) is 28.8 Å². The van der Waals surface area contributed by atoms with Crippen LogP contribution >= 0.6 is 15.9 Å². The summed E-state index contributed by atoms with van der Waals surface area (Å²) in [6, 6.07) is 18.4. The van der Waals surface area contributed by atoms with E-state index in [1.165, 1.54) is 13.2 Å². The molecule has 0 fully saturated rings. The van der Waals surface area contributed by atoms with E-state index in [-0.39, 0.29) is 16.9 Å². The van der Waals surface area contributed by atoms with Crippen LogP contribution in [0.5, 0.6) is 5.75 Å². The number of halogens is 1. The van der Waals surface area contributed by atoms with E-state index in [9.17, 15) is 19.7 Å². The number of benzene rings is 4. The fourth-order valence-corrected chi connectivity index (χ4v) is 4.99. The van der Waals surface area contributed by atoms with Gasteiger partial charge in [0.15, 0.2) is 0 Å². The lowest BCUT2D eigenvalue weighted by atomic mass is 9.86. The first-order valence-electron chi connectivity index (χ1n) is 10.4. The van der Waals surface area contributed by atoms with Gasteiger partial charge in [0.1, 0.15) is 5.75 Å². The predicted molar refractivity (Wildman–Crippen MR) is 133 cm³/mol. The fourth-order valence-electron chi connectivity index (χ4n) is 4.52. The summed E-state index contributed by atoms with van der Waals surface area (Å²) in [6.07, 6.45) is 0. The summed E-state index contributed by atoms with van der Waals surface area (Å²) in [5.74, 6) is -0.809. The Morgan fingerprint density at radius 1 is 0.912 bits per heavy atom. The summed E-state index contributed by atoms with van der Waals surface area (Å²) in [6.45, 7) is 1.86. The molecule has 1 aliphatic heterocycles. The highest BCUT2D eigenvalue weighted by Crippen LogP contribution is 2.45. The van der Waals surface area contributed by atoms with Crippen molar-refractivity contribution in [2.75, 3.05) is 12.0 Å². The molecule has 34 heavy (non-hydrogen) atoms. The summed E-state index contributed by atoms with van der Waals surface area (Å²) in [4.78, 5) is 39.9. The standard InChI is InChI=1S/C26H17BrN2O5/c1-14-12-15(27)10-11-16(14)24-17-6-5-7-18-23(17)19(13-21(24)29(32)33)26(31)28(25(18)30)20-8-3-4-9-22(20)34-2/h3-13H,1-2H3. The van der Waals surface area contributed by atoms with E-state index in [4.69, 9.17) is 4.74 Å². The van der Waals surface area contributed by atoms with E-state index in [0.29, 0.717) is 33.2 Å². The van der Waals surface area contributed by atoms with Crippen molar-refractivity contribution in [1.82, 2.24) is 0 Å². The number of nitro groups is 1. The average molecular weight is 517 g/mol. The second-order valence-electron chi connectivity index (χ2n) is 7.88. The molecule has 0 aromatic heterocycles. The Balaban J connectivity index is 1.85. The number of ether oxygens (including phenoxy) is 1. The Hall–Kier alpha value is -4.04. The van der Waals surface area contributed by atoms with Crippen LogP contribution in [0.3, 0.4) is 0 Å². The van der Waals surface area contributed by atoms with Gasteiger partial charge in [0, 0.05) is 21.5 Å². The van der Waals surface area contributed by atoms with Crippen LogP contribution in [0.4, 0.5) is 11.4 Å². The van der Waals surface area contributed by atoms with Gasteiger partial charge in [0.25, 0.3) is 17.5 Å². The number of imide groups is 1. The first-order chi connectivity index (χ1) is 16.3. The van der Waals surface area contributed by atoms with Crippen molar-refractivity contribution in [3.05, 3.63) is 98.0 Å². The van der Waals surface area contributed by atoms with Crippen LogP contribution in [-0.2, 0) is 0 Å². The lowest BCUT2D eigenvalue weighted by Gasteiger charge is -2.28. The molecule has 168 valence electrons. The number of hydrogen-bond donors (Lipinski definition) is 0. The van der Waals surface area contributed by atoms with Gasteiger partial charge >= 0.3 is 0 Å². The molecule has 5 rings (SSSR count). The Kier molecular flexibility index (Phi) is 5.17. The topological polar surface area (TPSA) is 89.8 Å². The Bertz CT molecular complexity index is 1550. The van der Waals surface area contributed by atoms with Gasteiger partial charge in [0.2, 0.25) is 0 Å². The molecule has 1 heterocycles. The third-order valence-electron chi connectivity index (χ3n) is 5.99. The van der Waals surface area contributed by atoms with Crippen molar-refractivity contribution in [1.29, 1.82) is 0 Å². The molecule has 0 aliphatic carbocycles. The number of carbonyl (C=O) groups excluding carboxylic acids is 2. The number of rotatable bonds is 4. The summed E-state index contributed by atoms with van der Waals surface area (Å²) >= 11 is 3.43. The highest BCUT2D eigenvalue weighted by molar-refractivity contribution is 9.10. The maximum absolute atomic E-state index is 13.6. The molecule has 0 atom stereocenters. The van der Waals surface area contributed by atoms with Gasteiger partial charge in [-0.3, -0.25) is 19.7 Å². The lowest BCUT2D eigenvalue weighted by Crippen LogP contribution is -2.40. The highest BCUT2D eigenvalue weighted by Gasteiger charge is 2.38. The molecule has 4 aromatic rings. The number of nitro benzene ring substituents is 1. The summed E-state index contributed by atoms with van der Waals surface area (Å²) in [5.41, 5.74) is 2.33. The maximum atomic E-state index is 13.6. The van der Waals surface area contributed by atoms with E-state index in [1.54, 1.807) is 54.6 Å². The Morgan fingerprint density at radius 3 is 2.35 bits per heavy atom. The van der Waals surface area contributed by atoms with Crippen molar-refractivity contribution in [3.63, 3.8) is 0 Å². The molecule has 0 spiro atoms. The molecule has 0 radical (unpaired) electrons. The van der Waals surface area contributed by atoms with Gasteiger partial charge in [-0.25, -0.2) is 4.90 Å². The number of carbonyl (C=O) groups is 2. The van der Waals surface area contributed by atoms with Crippen LogP contribution in [0.1, 0.15) is 26.3 Å². The van der Waals surface area contributed by atoms with Gasteiger partial charge in [-0.15, -0.1) is 0 Å². The Labute approximate surface area is 202 Å². The molecule has 4 aromatic carbocycles. The van der Waals surface area contributed by atoms with Crippen LogP contribution < -0.4 is 9.64 Å². The van der Waals surface area contributed by atoms with Crippen LogP contribution in [0.2, 0.25) is 0 Å². The van der Waals surface area contributed by atoms with E-state index in [0.717, 1.165) is 14.9 Å². The van der Waals surface area contributed by atoms with E-state index in [1.807, 2.05) is 13.0 Å². The number of methoxy groups -OCH3 is 1. The third-order valence-corrected chi connectivity index (χ3v) is 6.48. The Morgan fingerprint density at radius 2 is 1.65 bits per heavy atom. The second-order valence-corrected chi connectivity index (χ2v) is 8.80. The normalized spacial score (nSPS) is 12.9. The van der Waals surface area contributed by atoms with Crippen LogP contribution in [0.15, 0.2) is 71.2 Å². The minimum Gasteiger partial charge on any atom is -0.495 e. The van der Waals surface area contributed by atoms with Crippen molar-refractivity contribution in [2.24, 2.45) is 0 Å². The van der Waals surface area contributed by atoms with Gasteiger partial charge in [-0.2, -0.15) is 0 Å². The van der Waals surface area contributed by atoms with E-state index < -0.39 is 16.7 Å². The number of aryl methyl sites for hydroxylation is 1. The quantitative estimate of drug-likeness (QED) is 0.180. The molecule has 8 heteroatoms. The minimum atomic E-state index is -0.639. The number of nitrogens with zero attached hydrogens (tertiary/aromatic N) is 2. The minimum absolute atomic E-state index is 0.0984. The average Bonchev–Trinajstić information content (AvgIpc) is 2.82. The SMILES string of the molecule is COc1ccccc1N1C(=O)c2cccc3c(-c4ccc(Br)cc4C)c([N+](=O)[O-])cc(c23)C1=O. The van der Waals surface area contributed by atoms with Crippen molar-refractivity contribution in [2.45, 2.75) is 6.92 Å². The molecule has 2 amide bonds. The largest absolute Gasteiger partial charge is 0.495 e. The highest BCUT2D eigenvalue weighted by atomic mass is 79.9. The molecule has 0 saturated carbocycles. The zero-order chi connectivity index (χ0) is 24.1. The predicted octanol–water partition coefficient (Wildman–Crippen LogP) is 6.30. The van der Waals surface area contributed by atoms with E-state index >= 15 is 0 Å². The molecular formula is C26H17BrN2O5.